The van der Waals surface area contributed by atoms with Crippen molar-refractivity contribution in [3.63, 3.8) is 0 Å². The van der Waals surface area contributed by atoms with Crippen molar-refractivity contribution in [3.05, 3.63) is 75.3 Å². The van der Waals surface area contributed by atoms with Crippen molar-refractivity contribution in [2.24, 2.45) is 0 Å². The summed E-state index contributed by atoms with van der Waals surface area (Å²) < 4.78 is 0. The Hall–Kier alpha value is -3.78. The third-order valence-corrected chi connectivity index (χ3v) is 9.29. The highest BCUT2D eigenvalue weighted by Crippen LogP contribution is 2.61. The van der Waals surface area contributed by atoms with Crippen LogP contribution in [0.4, 0.5) is 21.3 Å². The summed E-state index contributed by atoms with van der Waals surface area (Å²) in [5, 5.41) is 1.03. The van der Waals surface area contributed by atoms with E-state index in [1.807, 2.05) is 12.3 Å². The van der Waals surface area contributed by atoms with Crippen LogP contribution in [0.15, 0.2) is 48.2 Å². The van der Waals surface area contributed by atoms with Gasteiger partial charge in [-0.2, -0.15) is 0 Å². The molecule has 3 aromatic rings. The molecule has 0 radical (unpaired) electrons. The van der Waals surface area contributed by atoms with Gasteiger partial charge in [0.05, 0.1) is 5.69 Å². The number of para-hydroxylation sites is 1. The van der Waals surface area contributed by atoms with Crippen molar-refractivity contribution in [2.75, 3.05) is 18.0 Å². The minimum atomic E-state index is -0.560. The van der Waals surface area contributed by atoms with Crippen LogP contribution in [-0.4, -0.2) is 45.7 Å². The van der Waals surface area contributed by atoms with Gasteiger partial charge in [-0.1, -0.05) is 52.0 Å². The Morgan fingerprint density at radius 1 is 0.842 bits per heavy atom. The Morgan fingerprint density at radius 2 is 1.42 bits per heavy atom. The third kappa shape index (κ3) is 3.07. The van der Waals surface area contributed by atoms with E-state index in [-0.39, 0.29) is 29.5 Å². The molecule has 5 heterocycles. The molecule has 3 aliphatic heterocycles. The van der Waals surface area contributed by atoms with E-state index in [4.69, 9.17) is 4.98 Å². The number of urea groups is 1. The highest BCUT2D eigenvalue weighted by Gasteiger charge is 2.47. The zero-order valence-corrected chi connectivity index (χ0v) is 23.3. The topological polar surface area (TPSA) is 73.8 Å². The first kappa shape index (κ1) is 24.6. The number of nitrogens with zero attached hydrogens (tertiary/aromatic N) is 4. The average Bonchev–Trinajstić information content (AvgIpc) is 3.32. The number of anilines is 3. The van der Waals surface area contributed by atoms with Crippen LogP contribution in [0.3, 0.4) is 0 Å². The minimum absolute atomic E-state index is 0.0150. The number of carbonyl (C=O) groups excluding carboxylic acids is 3. The van der Waals surface area contributed by atoms with Crippen LogP contribution in [0.25, 0.3) is 6.08 Å². The first-order chi connectivity index (χ1) is 18.0. The van der Waals surface area contributed by atoms with Gasteiger partial charge in [-0.25, -0.2) is 9.78 Å². The van der Waals surface area contributed by atoms with E-state index >= 15 is 0 Å². The zero-order chi connectivity index (χ0) is 27.1. The molecule has 8 heteroatoms. The number of fused-ring (bicyclic) bond motifs is 4. The number of thiophene rings is 1. The molecule has 6 rings (SSSR count). The molecule has 0 aliphatic carbocycles. The lowest BCUT2D eigenvalue weighted by Crippen LogP contribution is -2.56. The monoisotopic (exact) mass is 526 g/mol. The number of carbonyl (C=O) groups is 3. The molecule has 0 bridgehead atoms. The molecule has 0 N–H and O–H groups in total. The largest absolute Gasteiger partial charge is 0.333 e. The van der Waals surface area contributed by atoms with Gasteiger partial charge in [0.25, 0.3) is 11.8 Å². The van der Waals surface area contributed by atoms with Crippen LogP contribution >= 0.6 is 11.3 Å². The van der Waals surface area contributed by atoms with Crippen molar-refractivity contribution in [2.45, 2.75) is 52.4 Å². The van der Waals surface area contributed by atoms with E-state index in [1.54, 1.807) is 19.9 Å². The molecule has 0 spiro atoms. The SMILES string of the molecule is CCN1C(=O)C(=Cc2cc3c(s2)N2c4ncccc4C(C)(C)c4cccc(c42)C3(C)C)C(=O)N(CC)C1=O. The second kappa shape index (κ2) is 8.11. The van der Waals surface area contributed by atoms with E-state index in [9.17, 15) is 14.4 Å². The number of hydrogen-bond acceptors (Lipinski definition) is 6. The van der Waals surface area contributed by atoms with Gasteiger partial charge in [0.2, 0.25) is 0 Å². The number of hydrogen-bond donors (Lipinski definition) is 0. The lowest BCUT2D eigenvalue weighted by molar-refractivity contribution is -0.135. The fourth-order valence-electron chi connectivity index (χ4n) is 6.06. The van der Waals surface area contributed by atoms with Gasteiger partial charge in [0.15, 0.2) is 0 Å². The maximum atomic E-state index is 13.2. The summed E-state index contributed by atoms with van der Waals surface area (Å²) in [5.41, 5.74) is 5.37. The summed E-state index contributed by atoms with van der Waals surface area (Å²) in [7, 11) is 0. The summed E-state index contributed by atoms with van der Waals surface area (Å²) >= 11 is 1.54. The van der Waals surface area contributed by atoms with Crippen LogP contribution < -0.4 is 4.90 Å². The molecule has 1 saturated heterocycles. The molecule has 3 aliphatic rings. The standard InChI is InChI=1S/C30H30N4O3S/c1-7-32-25(35)18(26(36)33(8-2)28(32)37)15-17-16-22-27(38-17)34-23-19(11-9-12-20(23)30(22,5)6)29(3,4)21-13-10-14-31-24(21)34/h9-16H,7-8H2,1-6H3. The molecular formula is C30H30N4O3S. The van der Waals surface area contributed by atoms with Gasteiger partial charge in [-0.3, -0.25) is 24.3 Å². The number of pyridine rings is 1. The van der Waals surface area contributed by atoms with Gasteiger partial charge >= 0.3 is 6.03 Å². The molecule has 0 unspecified atom stereocenters. The van der Waals surface area contributed by atoms with Crippen molar-refractivity contribution < 1.29 is 14.4 Å². The first-order valence-corrected chi connectivity index (χ1v) is 13.8. The number of benzene rings is 1. The van der Waals surface area contributed by atoms with Crippen molar-refractivity contribution in [1.82, 2.24) is 14.8 Å². The van der Waals surface area contributed by atoms with E-state index in [2.05, 4.69) is 62.9 Å². The molecule has 1 aromatic carbocycles. The second-order valence-corrected chi connectivity index (χ2v) is 12.0. The van der Waals surface area contributed by atoms with Crippen LogP contribution in [0, 0.1) is 0 Å². The highest BCUT2D eigenvalue weighted by molar-refractivity contribution is 7.17. The Morgan fingerprint density at radius 3 is 2.03 bits per heavy atom. The molecule has 1 fully saturated rings. The average molecular weight is 527 g/mol. The van der Waals surface area contributed by atoms with E-state index in [0.29, 0.717) is 0 Å². The molecule has 38 heavy (non-hydrogen) atoms. The number of imide groups is 2. The summed E-state index contributed by atoms with van der Waals surface area (Å²) in [6.45, 7) is 12.8. The number of aromatic nitrogens is 1. The van der Waals surface area contributed by atoms with Crippen molar-refractivity contribution in [1.29, 1.82) is 0 Å². The van der Waals surface area contributed by atoms with E-state index < -0.39 is 17.8 Å². The molecule has 2 aromatic heterocycles. The maximum absolute atomic E-state index is 13.2. The minimum Gasteiger partial charge on any atom is -0.285 e. The van der Waals surface area contributed by atoms with Gasteiger partial charge in [0.1, 0.15) is 16.4 Å². The van der Waals surface area contributed by atoms with Gasteiger partial charge in [0, 0.05) is 40.6 Å². The number of barbiturate groups is 1. The lowest BCUT2D eigenvalue weighted by Gasteiger charge is -2.47. The summed E-state index contributed by atoms with van der Waals surface area (Å²) in [5.74, 6) is -0.190. The fraction of sp³-hybridized carbons (Fsp3) is 0.333. The Labute approximate surface area is 226 Å². The molecular weight excluding hydrogens is 496 g/mol. The predicted octanol–water partition coefficient (Wildman–Crippen LogP) is 6.11. The molecule has 4 amide bonds. The van der Waals surface area contributed by atoms with Crippen LogP contribution in [0.5, 0.6) is 0 Å². The predicted molar refractivity (Wildman–Crippen MR) is 149 cm³/mol. The summed E-state index contributed by atoms with van der Waals surface area (Å²) in [4.78, 5) is 49.1. The molecule has 194 valence electrons. The van der Waals surface area contributed by atoms with Crippen LogP contribution in [0.1, 0.15) is 68.7 Å². The van der Waals surface area contributed by atoms with Crippen LogP contribution in [-0.2, 0) is 20.4 Å². The number of likely N-dealkylation sites (N-methyl/N-ethyl adjacent to an activating group) is 2. The number of amides is 4. The van der Waals surface area contributed by atoms with Crippen LogP contribution in [0.2, 0.25) is 0 Å². The second-order valence-electron chi connectivity index (χ2n) is 11.0. The smallest absolute Gasteiger partial charge is 0.285 e. The van der Waals surface area contributed by atoms with E-state index in [0.717, 1.165) is 42.3 Å². The fourth-order valence-corrected chi connectivity index (χ4v) is 7.33. The van der Waals surface area contributed by atoms with Gasteiger partial charge < -0.3 is 0 Å². The zero-order valence-electron chi connectivity index (χ0n) is 22.5. The highest BCUT2D eigenvalue weighted by atomic mass is 32.1. The Bertz CT molecular complexity index is 1550. The summed E-state index contributed by atoms with van der Waals surface area (Å²) in [6.07, 6.45) is 3.48. The summed E-state index contributed by atoms with van der Waals surface area (Å²) in [6, 6.07) is 12.2. The van der Waals surface area contributed by atoms with Gasteiger partial charge in [-0.15, -0.1) is 11.3 Å². The molecule has 0 atom stereocenters. The van der Waals surface area contributed by atoms with Gasteiger partial charge in [-0.05, 0) is 48.7 Å². The first-order valence-electron chi connectivity index (χ1n) is 13.0. The quantitative estimate of drug-likeness (QED) is 0.304. The lowest BCUT2D eigenvalue weighted by atomic mass is 9.68. The molecule has 0 saturated carbocycles. The van der Waals surface area contributed by atoms with Crippen molar-refractivity contribution in [3.8, 4) is 0 Å². The third-order valence-electron chi connectivity index (χ3n) is 8.22. The van der Waals surface area contributed by atoms with E-state index in [1.165, 1.54) is 22.5 Å². The number of rotatable bonds is 3. The maximum Gasteiger partial charge on any atom is 0.333 e. The Balaban J connectivity index is 1.57. The normalized spacial score (nSPS) is 18.8. The van der Waals surface area contributed by atoms with Crippen molar-refractivity contribution >= 4 is 51.8 Å². The molecule has 7 nitrogen and oxygen atoms in total. The Kier molecular flexibility index (Phi) is 5.24.